The first-order chi connectivity index (χ1) is 11.4. The predicted molar refractivity (Wildman–Crippen MR) is 86.9 cm³/mol. The van der Waals surface area contributed by atoms with Gasteiger partial charge in [-0.15, -0.1) is 0 Å². The maximum atomic E-state index is 12.8. The fourth-order valence-electron chi connectivity index (χ4n) is 4.11. The van der Waals surface area contributed by atoms with Crippen LogP contribution in [0.5, 0.6) is 0 Å². The van der Waals surface area contributed by atoms with E-state index in [-0.39, 0.29) is 11.8 Å². The lowest BCUT2D eigenvalue weighted by molar-refractivity contribution is -0.153. The zero-order chi connectivity index (χ0) is 17.6. The molecule has 0 bridgehead atoms. The normalized spacial score (nSPS) is 32.2. The lowest BCUT2D eigenvalue weighted by Crippen LogP contribution is -2.53. The Kier molecular flexibility index (Phi) is 3.95. The first-order valence-corrected chi connectivity index (χ1v) is 8.13. The van der Waals surface area contributed by atoms with Crippen LogP contribution in [0, 0.1) is 18.8 Å². The molecule has 1 N–H and O–H groups in total. The van der Waals surface area contributed by atoms with Gasteiger partial charge in [-0.05, 0) is 31.9 Å². The maximum Gasteiger partial charge on any atom is 0.326 e. The van der Waals surface area contributed by atoms with Crippen LogP contribution < -0.4 is 5.32 Å². The number of ether oxygens (including phenoxy) is 1. The number of nitrogens with one attached hydrogen (secondary N) is 1. The summed E-state index contributed by atoms with van der Waals surface area (Å²) in [6.45, 7) is 5.68. The van der Waals surface area contributed by atoms with Gasteiger partial charge in [0.2, 0.25) is 11.8 Å². The number of aryl methyl sites for hydroxylation is 1. The molecule has 0 aromatic heterocycles. The van der Waals surface area contributed by atoms with Crippen LogP contribution in [-0.2, 0) is 19.1 Å². The van der Waals surface area contributed by atoms with Gasteiger partial charge in [-0.25, -0.2) is 0 Å². The average molecular weight is 330 g/mol. The summed E-state index contributed by atoms with van der Waals surface area (Å²) in [6.07, 6.45) is 0. The maximum absolute atomic E-state index is 12.8. The lowest BCUT2D eigenvalue weighted by Gasteiger charge is -2.28. The topological polar surface area (TPSA) is 75.7 Å². The van der Waals surface area contributed by atoms with Gasteiger partial charge in [-0.1, -0.05) is 24.3 Å². The van der Waals surface area contributed by atoms with Crippen LogP contribution in [0.3, 0.4) is 0 Å². The smallest absolute Gasteiger partial charge is 0.326 e. The Balaban J connectivity index is 2.13. The Bertz CT molecular complexity index is 717. The highest BCUT2D eigenvalue weighted by Gasteiger charge is 2.66. The molecule has 2 saturated heterocycles. The van der Waals surface area contributed by atoms with Gasteiger partial charge in [-0.3, -0.25) is 24.6 Å². The van der Waals surface area contributed by atoms with Crippen molar-refractivity contribution in [3.8, 4) is 0 Å². The molecule has 2 heterocycles. The van der Waals surface area contributed by atoms with Crippen LogP contribution in [0.2, 0.25) is 0 Å². The van der Waals surface area contributed by atoms with Crippen LogP contribution in [-0.4, -0.2) is 41.9 Å². The summed E-state index contributed by atoms with van der Waals surface area (Å²) in [4.78, 5) is 39.3. The van der Waals surface area contributed by atoms with E-state index >= 15 is 0 Å². The molecule has 0 radical (unpaired) electrons. The third kappa shape index (κ3) is 2.09. The van der Waals surface area contributed by atoms with Crippen molar-refractivity contribution in [3.63, 3.8) is 0 Å². The second-order valence-corrected chi connectivity index (χ2v) is 6.60. The Morgan fingerprint density at radius 2 is 1.96 bits per heavy atom. The average Bonchev–Trinajstić information content (AvgIpc) is 3.02. The number of fused-ring (bicyclic) bond motifs is 1. The van der Waals surface area contributed by atoms with E-state index in [2.05, 4.69) is 5.32 Å². The summed E-state index contributed by atoms with van der Waals surface area (Å²) in [7, 11) is 1.30. The van der Waals surface area contributed by atoms with Gasteiger partial charge >= 0.3 is 5.97 Å². The zero-order valence-corrected chi connectivity index (χ0v) is 14.3. The molecule has 1 aromatic carbocycles. The summed E-state index contributed by atoms with van der Waals surface area (Å²) in [5.41, 5.74) is 0.723. The number of amides is 2. The standard InChI is InChI=1S/C18H22N2O4/c1-5-20-15(21)12-13(16(20)22)18(3,17(23)24-4)19-14(12)11-9-7-6-8-10(11)2/h6-9,12-14,19H,5H2,1-4H3/t12-,13-,14+,18+/m0/s1. The highest BCUT2D eigenvalue weighted by molar-refractivity contribution is 6.09. The number of likely N-dealkylation sites (tertiary alicyclic amines) is 1. The molecule has 6 heteroatoms. The van der Waals surface area contributed by atoms with Gasteiger partial charge in [0.15, 0.2) is 0 Å². The minimum atomic E-state index is -1.22. The van der Waals surface area contributed by atoms with E-state index in [4.69, 9.17) is 4.74 Å². The second kappa shape index (κ2) is 5.70. The molecule has 3 rings (SSSR count). The fourth-order valence-corrected chi connectivity index (χ4v) is 4.11. The van der Waals surface area contributed by atoms with Crippen molar-refractivity contribution in [3.05, 3.63) is 35.4 Å². The molecule has 0 unspecified atom stereocenters. The lowest BCUT2D eigenvalue weighted by atomic mass is 9.80. The molecule has 128 valence electrons. The van der Waals surface area contributed by atoms with Gasteiger partial charge in [0.05, 0.1) is 18.9 Å². The van der Waals surface area contributed by atoms with Crippen molar-refractivity contribution >= 4 is 17.8 Å². The van der Waals surface area contributed by atoms with Crippen molar-refractivity contribution in [1.29, 1.82) is 0 Å². The van der Waals surface area contributed by atoms with Crippen LogP contribution in [0.25, 0.3) is 0 Å². The molecule has 1 aromatic rings. The van der Waals surface area contributed by atoms with E-state index in [1.54, 1.807) is 13.8 Å². The predicted octanol–water partition coefficient (Wildman–Crippen LogP) is 1.19. The largest absolute Gasteiger partial charge is 0.468 e. The highest BCUT2D eigenvalue weighted by Crippen LogP contribution is 2.49. The monoisotopic (exact) mass is 330 g/mol. The Morgan fingerprint density at radius 1 is 1.29 bits per heavy atom. The van der Waals surface area contributed by atoms with Crippen molar-refractivity contribution in [2.45, 2.75) is 32.4 Å². The van der Waals surface area contributed by atoms with E-state index in [0.29, 0.717) is 6.54 Å². The van der Waals surface area contributed by atoms with Gasteiger partial charge in [-0.2, -0.15) is 0 Å². The molecule has 2 amide bonds. The van der Waals surface area contributed by atoms with E-state index in [1.165, 1.54) is 12.0 Å². The summed E-state index contributed by atoms with van der Waals surface area (Å²) in [6, 6.07) is 7.31. The van der Waals surface area contributed by atoms with Crippen molar-refractivity contribution < 1.29 is 19.1 Å². The molecule has 0 aliphatic carbocycles. The molecule has 2 aliphatic heterocycles. The third-order valence-electron chi connectivity index (χ3n) is 5.33. The summed E-state index contributed by atoms with van der Waals surface area (Å²) < 4.78 is 4.93. The molecule has 0 saturated carbocycles. The number of esters is 1. The van der Waals surface area contributed by atoms with E-state index in [9.17, 15) is 14.4 Å². The number of carbonyl (C=O) groups is 3. The van der Waals surface area contributed by atoms with Crippen molar-refractivity contribution in [1.82, 2.24) is 10.2 Å². The SMILES string of the molecule is CCN1C(=O)[C@@H]2[C@@H](c3ccccc3C)N[C@@](C)(C(=O)OC)[C@@H]2C1=O. The molecule has 4 atom stereocenters. The quantitative estimate of drug-likeness (QED) is 0.665. The number of carbonyl (C=O) groups excluding carboxylic acids is 3. The summed E-state index contributed by atoms with van der Waals surface area (Å²) in [5.74, 6) is -2.39. The molecule has 24 heavy (non-hydrogen) atoms. The van der Waals surface area contributed by atoms with Crippen LogP contribution >= 0.6 is 0 Å². The number of benzene rings is 1. The minimum absolute atomic E-state index is 0.221. The fraction of sp³-hybridized carbons (Fsp3) is 0.500. The van der Waals surface area contributed by atoms with Crippen LogP contribution in [0.4, 0.5) is 0 Å². The molecular formula is C18H22N2O4. The Hall–Kier alpha value is -2.21. The van der Waals surface area contributed by atoms with Crippen molar-refractivity contribution in [2.75, 3.05) is 13.7 Å². The number of nitrogens with zero attached hydrogens (tertiary/aromatic N) is 1. The Labute approximate surface area is 141 Å². The van der Waals surface area contributed by atoms with Crippen LogP contribution in [0.1, 0.15) is 31.0 Å². The number of imide groups is 1. The molecule has 0 spiro atoms. The van der Waals surface area contributed by atoms with E-state index in [0.717, 1.165) is 11.1 Å². The number of methoxy groups -OCH3 is 1. The minimum Gasteiger partial charge on any atom is -0.468 e. The molecular weight excluding hydrogens is 308 g/mol. The Morgan fingerprint density at radius 3 is 2.54 bits per heavy atom. The second-order valence-electron chi connectivity index (χ2n) is 6.60. The van der Waals surface area contributed by atoms with Gasteiger partial charge in [0, 0.05) is 12.6 Å². The molecule has 2 fully saturated rings. The first kappa shape index (κ1) is 16.6. The van der Waals surface area contributed by atoms with E-state index in [1.807, 2.05) is 31.2 Å². The third-order valence-corrected chi connectivity index (χ3v) is 5.33. The number of hydrogen-bond acceptors (Lipinski definition) is 5. The van der Waals surface area contributed by atoms with Crippen LogP contribution in [0.15, 0.2) is 24.3 Å². The van der Waals surface area contributed by atoms with Gasteiger partial charge < -0.3 is 4.74 Å². The molecule has 6 nitrogen and oxygen atoms in total. The highest BCUT2D eigenvalue weighted by atomic mass is 16.5. The number of hydrogen-bond donors (Lipinski definition) is 1. The van der Waals surface area contributed by atoms with Gasteiger partial charge in [0.25, 0.3) is 0 Å². The molecule has 2 aliphatic rings. The summed E-state index contributed by atoms with van der Waals surface area (Å²) in [5, 5.41) is 3.24. The zero-order valence-electron chi connectivity index (χ0n) is 14.3. The first-order valence-electron chi connectivity index (χ1n) is 8.13. The van der Waals surface area contributed by atoms with Crippen molar-refractivity contribution in [2.24, 2.45) is 11.8 Å². The summed E-state index contributed by atoms with van der Waals surface area (Å²) >= 11 is 0. The van der Waals surface area contributed by atoms with Gasteiger partial charge in [0.1, 0.15) is 5.54 Å². The number of rotatable bonds is 3. The van der Waals surface area contributed by atoms with E-state index < -0.39 is 29.4 Å².